The predicted molar refractivity (Wildman–Crippen MR) is 85.5 cm³/mol. The van der Waals surface area contributed by atoms with Crippen LogP contribution in [0.5, 0.6) is 0 Å². The summed E-state index contributed by atoms with van der Waals surface area (Å²) < 4.78 is 10.1. The van der Waals surface area contributed by atoms with Crippen LogP contribution in [-0.4, -0.2) is 23.5 Å². The number of aromatic nitrogens is 1. The molecule has 0 aliphatic carbocycles. The van der Waals surface area contributed by atoms with Gasteiger partial charge < -0.3 is 9.47 Å². The minimum absolute atomic E-state index is 0.0960. The molecule has 0 aliphatic rings. The van der Waals surface area contributed by atoms with Gasteiger partial charge in [0.15, 0.2) is 0 Å². The first-order valence-corrected chi connectivity index (χ1v) is 7.21. The third kappa shape index (κ3) is 5.07. The highest BCUT2D eigenvalue weighted by atomic mass is 16.5. The third-order valence-electron chi connectivity index (χ3n) is 2.97. The van der Waals surface area contributed by atoms with Crippen molar-refractivity contribution in [3.8, 4) is 0 Å². The van der Waals surface area contributed by atoms with Gasteiger partial charge >= 0.3 is 11.9 Å². The van der Waals surface area contributed by atoms with E-state index < -0.39 is 11.9 Å². The molecule has 5 nitrogen and oxygen atoms in total. The molecule has 118 valence electrons. The molecule has 1 aromatic heterocycles. The first kappa shape index (κ1) is 16.4. The maximum atomic E-state index is 11.9. The minimum atomic E-state index is -0.491. The van der Waals surface area contributed by atoms with E-state index in [0.717, 1.165) is 11.1 Å². The fourth-order valence-corrected chi connectivity index (χ4v) is 1.88. The van der Waals surface area contributed by atoms with E-state index in [9.17, 15) is 9.59 Å². The van der Waals surface area contributed by atoms with Crippen molar-refractivity contribution < 1.29 is 19.1 Å². The van der Waals surface area contributed by atoms with Crippen molar-refractivity contribution in [2.75, 3.05) is 6.61 Å². The van der Waals surface area contributed by atoms with Crippen LogP contribution in [0.1, 0.15) is 28.5 Å². The topological polar surface area (TPSA) is 65.5 Å². The lowest BCUT2D eigenvalue weighted by molar-refractivity contribution is -0.137. The highest BCUT2D eigenvalue weighted by Crippen LogP contribution is 2.13. The summed E-state index contributed by atoms with van der Waals surface area (Å²) in [6, 6.07) is 12.4. The number of pyridine rings is 1. The van der Waals surface area contributed by atoms with Crippen molar-refractivity contribution in [2.45, 2.75) is 13.5 Å². The van der Waals surface area contributed by atoms with Crippen molar-refractivity contribution in [1.82, 2.24) is 4.98 Å². The summed E-state index contributed by atoms with van der Waals surface area (Å²) in [5, 5.41) is 0. The van der Waals surface area contributed by atoms with Gasteiger partial charge in [-0.25, -0.2) is 14.6 Å². The van der Waals surface area contributed by atoms with Crippen LogP contribution < -0.4 is 0 Å². The second kappa shape index (κ2) is 8.48. The molecule has 1 heterocycles. The zero-order chi connectivity index (χ0) is 16.5. The van der Waals surface area contributed by atoms with Gasteiger partial charge in [-0.2, -0.15) is 0 Å². The van der Waals surface area contributed by atoms with E-state index in [1.165, 1.54) is 12.3 Å². The van der Waals surface area contributed by atoms with E-state index in [-0.39, 0.29) is 12.3 Å². The quantitative estimate of drug-likeness (QED) is 0.606. The zero-order valence-electron chi connectivity index (χ0n) is 12.8. The van der Waals surface area contributed by atoms with E-state index >= 15 is 0 Å². The molecule has 0 unspecified atom stereocenters. The Morgan fingerprint density at radius 1 is 1.09 bits per heavy atom. The standard InChI is InChI=1S/C18H17NO4/c1-2-22-17(20)11-10-14-7-3-4-8-15(14)13-23-18(21)16-9-5-6-12-19-16/h3-12H,2,13H2,1H3/b11-10+. The third-order valence-corrected chi connectivity index (χ3v) is 2.97. The fraction of sp³-hybridized carbons (Fsp3) is 0.167. The van der Waals surface area contributed by atoms with E-state index in [2.05, 4.69) is 4.98 Å². The Hall–Kier alpha value is -2.95. The lowest BCUT2D eigenvalue weighted by Gasteiger charge is -2.07. The Labute approximate surface area is 134 Å². The average molecular weight is 311 g/mol. The number of rotatable bonds is 6. The maximum Gasteiger partial charge on any atom is 0.357 e. The number of hydrogen-bond acceptors (Lipinski definition) is 5. The van der Waals surface area contributed by atoms with Crippen LogP contribution in [0, 0.1) is 0 Å². The van der Waals surface area contributed by atoms with Crippen LogP contribution in [0.4, 0.5) is 0 Å². The van der Waals surface area contributed by atoms with Gasteiger partial charge in [-0.15, -0.1) is 0 Å². The molecule has 2 rings (SSSR count). The highest BCUT2D eigenvalue weighted by Gasteiger charge is 2.09. The van der Waals surface area contributed by atoms with Gasteiger partial charge in [-0.1, -0.05) is 30.3 Å². The molecule has 5 heteroatoms. The van der Waals surface area contributed by atoms with Crippen LogP contribution in [0.25, 0.3) is 6.08 Å². The number of carbonyl (C=O) groups is 2. The fourth-order valence-electron chi connectivity index (χ4n) is 1.88. The van der Waals surface area contributed by atoms with Gasteiger partial charge in [0.2, 0.25) is 0 Å². The summed E-state index contributed by atoms with van der Waals surface area (Å²) >= 11 is 0. The van der Waals surface area contributed by atoms with Gasteiger partial charge in [0.1, 0.15) is 12.3 Å². The van der Waals surface area contributed by atoms with Gasteiger partial charge in [-0.05, 0) is 36.3 Å². The van der Waals surface area contributed by atoms with E-state index in [1.54, 1.807) is 31.2 Å². The Morgan fingerprint density at radius 3 is 2.61 bits per heavy atom. The molecule has 0 amide bonds. The van der Waals surface area contributed by atoms with Gasteiger partial charge in [0.05, 0.1) is 6.61 Å². The molecule has 0 bridgehead atoms. The van der Waals surface area contributed by atoms with E-state index in [4.69, 9.17) is 9.47 Å². The molecule has 0 N–H and O–H groups in total. The van der Waals surface area contributed by atoms with Crippen LogP contribution in [0.3, 0.4) is 0 Å². The smallest absolute Gasteiger partial charge is 0.357 e. The summed E-state index contributed by atoms with van der Waals surface area (Å²) in [5.41, 5.74) is 1.83. The number of ether oxygens (including phenoxy) is 2. The molecule has 0 saturated heterocycles. The van der Waals surface area contributed by atoms with Gasteiger partial charge in [-0.3, -0.25) is 0 Å². The number of esters is 2. The number of benzene rings is 1. The zero-order valence-corrected chi connectivity index (χ0v) is 12.8. The molecule has 0 atom stereocenters. The Morgan fingerprint density at radius 2 is 1.87 bits per heavy atom. The molecule has 0 radical (unpaired) electrons. The number of nitrogens with zero attached hydrogens (tertiary/aromatic N) is 1. The lowest BCUT2D eigenvalue weighted by Crippen LogP contribution is -2.07. The molecule has 2 aromatic rings. The average Bonchev–Trinajstić information content (AvgIpc) is 2.59. The SMILES string of the molecule is CCOC(=O)/C=C/c1ccccc1COC(=O)c1ccccn1. The summed E-state index contributed by atoms with van der Waals surface area (Å²) in [6.07, 6.45) is 4.53. The summed E-state index contributed by atoms with van der Waals surface area (Å²) in [7, 11) is 0. The highest BCUT2D eigenvalue weighted by molar-refractivity contribution is 5.88. The van der Waals surface area contributed by atoms with Crippen LogP contribution >= 0.6 is 0 Å². The molecule has 0 aliphatic heterocycles. The molecular formula is C18H17NO4. The van der Waals surface area contributed by atoms with Crippen molar-refractivity contribution in [2.24, 2.45) is 0 Å². The second-order valence-electron chi connectivity index (χ2n) is 4.58. The van der Waals surface area contributed by atoms with Crippen molar-refractivity contribution in [1.29, 1.82) is 0 Å². The molecule has 1 aromatic carbocycles. The Balaban J connectivity index is 2.03. The Bertz CT molecular complexity index is 695. The summed E-state index contributed by atoms with van der Waals surface area (Å²) in [4.78, 5) is 27.2. The first-order chi connectivity index (χ1) is 11.2. The minimum Gasteiger partial charge on any atom is -0.463 e. The lowest BCUT2D eigenvalue weighted by atomic mass is 10.1. The van der Waals surface area contributed by atoms with Crippen molar-refractivity contribution in [3.05, 3.63) is 71.6 Å². The maximum absolute atomic E-state index is 11.9. The molecular weight excluding hydrogens is 294 g/mol. The predicted octanol–water partition coefficient (Wildman–Crippen LogP) is 3.01. The number of hydrogen-bond donors (Lipinski definition) is 0. The van der Waals surface area contributed by atoms with Crippen molar-refractivity contribution >= 4 is 18.0 Å². The van der Waals surface area contributed by atoms with E-state index in [1.807, 2.05) is 24.3 Å². The summed E-state index contributed by atoms with van der Waals surface area (Å²) in [6.45, 7) is 2.17. The molecule has 23 heavy (non-hydrogen) atoms. The molecule has 0 saturated carbocycles. The Kier molecular flexibility index (Phi) is 6.06. The van der Waals surface area contributed by atoms with E-state index in [0.29, 0.717) is 6.61 Å². The normalized spacial score (nSPS) is 10.5. The van der Waals surface area contributed by atoms with Crippen LogP contribution in [0.2, 0.25) is 0 Å². The monoisotopic (exact) mass is 311 g/mol. The second-order valence-corrected chi connectivity index (χ2v) is 4.58. The van der Waals surface area contributed by atoms with Gasteiger partial charge in [0, 0.05) is 12.3 Å². The number of carbonyl (C=O) groups excluding carboxylic acids is 2. The first-order valence-electron chi connectivity index (χ1n) is 7.21. The molecule has 0 fully saturated rings. The molecule has 0 spiro atoms. The van der Waals surface area contributed by atoms with Crippen LogP contribution in [-0.2, 0) is 20.9 Å². The van der Waals surface area contributed by atoms with Crippen molar-refractivity contribution in [3.63, 3.8) is 0 Å². The van der Waals surface area contributed by atoms with Gasteiger partial charge in [0.25, 0.3) is 0 Å². The van der Waals surface area contributed by atoms with Crippen LogP contribution in [0.15, 0.2) is 54.7 Å². The largest absolute Gasteiger partial charge is 0.463 e. The summed E-state index contributed by atoms with van der Waals surface area (Å²) in [5.74, 6) is -0.900.